The van der Waals surface area contributed by atoms with E-state index in [1.54, 1.807) is 0 Å². The van der Waals surface area contributed by atoms with Crippen LogP contribution in [0.1, 0.15) is 5.56 Å². The van der Waals surface area contributed by atoms with Crippen LogP contribution >= 0.6 is 11.6 Å². The summed E-state index contributed by atoms with van der Waals surface area (Å²) in [6, 6.07) is 7.66. The molecule has 1 aromatic carbocycles. The van der Waals surface area contributed by atoms with Gasteiger partial charge in [0.25, 0.3) is 0 Å². The fourth-order valence-corrected chi connectivity index (χ4v) is 0.910. The zero-order chi connectivity index (χ0) is 7.40. The number of nitrogens with two attached hydrogens (primary N) is 1. The zero-order valence-electron chi connectivity index (χ0n) is 5.47. The summed E-state index contributed by atoms with van der Waals surface area (Å²) < 4.78 is 0. The summed E-state index contributed by atoms with van der Waals surface area (Å²) in [6.07, 6.45) is 0. The van der Waals surface area contributed by atoms with E-state index in [2.05, 4.69) is 5.43 Å². The molecule has 0 aliphatic carbocycles. The lowest BCUT2D eigenvalue weighted by Crippen LogP contribution is -2.06. The van der Waals surface area contributed by atoms with Crippen LogP contribution < -0.4 is 11.3 Å². The topological polar surface area (TPSA) is 38.0 Å². The van der Waals surface area contributed by atoms with Crippen LogP contribution in [0.4, 0.5) is 5.69 Å². The van der Waals surface area contributed by atoms with E-state index in [9.17, 15) is 0 Å². The van der Waals surface area contributed by atoms with E-state index in [1.165, 1.54) is 0 Å². The highest BCUT2D eigenvalue weighted by Gasteiger charge is 1.90. The highest BCUT2D eigenvalue weighted by molar-refractivity contribution is 6.17. The number of anilines is 1. The summed E-state index contributed by atoms with van der Waals surface area (Å²) in [7, 11) is 0. The maximum Gasteiger partial charge on any atom is 0.0488 e. The van der Waals surface area contributed by atoms with E-state index in [0.29, 0.717) is 5.88 Å². The molecule has 0 atom stereocenters. The maximum atomic E-state index is 5.59. The van der Waals surface area contributed by atoms with Crippen molar-refractivity contribution in [2.24, 2.45) is 5.84 Å². The van der Waals surface area contributed by atoms with Gasteiger partial charge in [0.05, 0.1) is 0 Å². The fourth-order valence-electron chi connectivity index (χ4n) is 0.744. The quantitative estimate of drug-likeness (QED) is 0.389. The standard InChI is InChI=1S/C7H9ClN2/c8-5-6-2-1-3-7(4-6)10-9/h1-4,10H,5,9H2. The Labute approximate surface area is 65.0 Å². The summed E-state index contributed by atoms with van der Waals surface area (Å²) in [4.78, 5) is 0. The summed E-state index contributed by atoms with van der Waals surface area (Å²) >= 11 is 5.59. The van der Waals surface area contributed by atoms with E-state index >= 15 is 0 Å². The Morgan fingerprint density at radius 3 is 2.90 bits per heavy atom. The SMILES string of the molecule is NNc1cccc(CCl)c1. The molecule has 54 valence electrons. The first-order chi connectivity index (χ1) is 4.86. The number of hydrogen-bond acceptors (Lipinski definition) is 2. The first kappa shape index (κ1) is 7.38. The van der Waals surface area contributed by atoms with Gasteiger partial charge in [0, 0.05) is 11.6 Å². The molecule has 0 fully saturated rings. The number of halogens is 1. The molecular formula is C7H9ClN2. The van der Waals surface area contributed by atoms with E-state index in [-0.39, 0.29) is 0 Å². The molecule has 0 aromatic heterocycles. The molecule has 0 bridgehead atoms. The van der Waals surface area contributed by atoms with Crippen LogP contribution in [0.5, 0.6) is 0 Å². The summed E-state index contributed by atoms with van der Waals surface area (Å²) in [5, 5.41) is 0. The first-order valence-corrected chi connectivity index (χ1v) is 3.52. The van der Waals surface area contributed by atoms with Gasteiger partial charge in [-0.15, -0.1) is 11.6 Å². The molecule has 0 amide bonds. The van der Waals surface area contributed by atoms with Crippen LogP contribution in [0.3, 0.4) is 0 Å². The third-order valence-corrected chi connectivity index (χ3v) is 1.56. The minimum atomic E-state index is 0.523. The highest BCUT2D eigenvalue weighted by atomic mass is 35.5. The van der Waals surface area contributed by atoms with Crippen molar-refractivity contribution in [1.82, 2.24) is 0 Å². The summed E-state index contributed by atoms with van der Waals surface area (Å²) in [6.45, 7) is 0. The van der Waals surface area contributed by atoms with Crippen molar-refractivity contribution in [3.8, 4) is 0 Å². The Hall–Kier alpha value is -0.730. The van der Waals surface area contributed by atoms with Gasteiger partial charge in [-0.3, -0.25) is 5.84 Å². The van der Waals surface area contributed by atoms with Crippen LogP contribution in [-0.4, -0.2) is 0 Å². The molecule has 0 aliphatic rings. The number of hydrazine groups is 1. The van der Waals surface area contributed by atoms with Crippen molar-refractivity contribution >= 4 is 17.3 Å². The molecule has 0 saturated carbocycles. The maximum absolute atomic E-state index is 5.59. The molecule has 0 saturated heterocycles. The lowest BCUT2D eigenvalue weighted by atomic mass is 10.2. The predicted octanol–water partition coefficient (Wildman–Crippen LogP) is 1.71. The Bertz CT molecular complexity index is 193. The predicted molar refractivity (Wildman–Crippen MR) is 43.8 cm³/mol. The molecule has 0 heterocycles. The number of alkyl halides is 1. The first-order valence-electron chi connectivity index (χ1n) is 2.98. The second-order valence-corrected chi connectivity index (χ2v) is 2.25. The van der Waals surface area contributed by atoms with Gasteiger partial charge in [-0.25, -0.2) is 0 Å². The Morgan fingerprint density at radius 2 is 2.30 bits per heavy atom. The number of hydrogen-bond donors (Lipinski definition) is 2. The second-order valence-electron chi connectivity index (χ2n) is 1.98. The average molecular weight is 157 g/mol. The molecule has 1 aromatic rings. The van der Waals surface area contributed by atoms with Gasteiger partial charge in [-0.2, -0.15) is 0 Å². The Balaban J connectivity index is 2.87. The molecule has 3 heteroatoms. The van der Waals surface area contributed by atoms with E-state index < -0.39 is 0 Å². The summed E-state index contributed by atoms with van der Waals surface area (Å²) in [5.74, 6) is 5.70. The lowest BCUT2D eigenvalue weighted by Gasteiger charge is -1.99. The van der Waals surface area contributed by atoms with Gasteiger partial charge in [-0.1, -0.05) is 12.1 Å². The van der Waals surface area contributed by atoms with Crippen molar-refractivity contribution in [2.75, 3.05) is 5.43 Å². The van der Waals surface area contributed by atoms with Gasteiger partial charge >= 0.3 is 0 Å². The van der Waals surface area contributed by atoms with Gasteiger partial charge < -0.3 is 5.43 Å². The second kappa shape index (κ2) is 3.44. The van der Waals surface area contributed by atoms with Crippen molar-refractivity contribution < 1.29 is 0 Å². The van der Waals surface area contributed by atoms with Crippen molar-refractivity contribution in [2.45, 2.75) is 5.88 Å². The molecule has 10 heavy (non-hydrogen) atoms. The zero-order valence-corrected chi connectivity index (χ0v) is 6.23. The van der Waals surface area contributed by atoms with E-state index in [0.717, 1.165) is 11.3 Å². The normalized spacial score (nSPS) is 9.40. The van der Waals surface area contributed by atoms with Crippen LogP contribution in [0.2, 0.25) is 0 Å². The van der Waals surface area contributed by atoms with Crippen molar-refractivity contribution in [3.05, 3.63) is 29.8 Å². The molecule has 1 rings (SSSR count). The van der Waals surface area contributed by atoms with Gasteiger partial charge in [0.15, 0.2) is 0 Å². The highest BCUT2D eigenvalue weighted by Crippen LogP contribution is 2.10. The van der Waals surface area contributed by atoms with Gasteiger partial charge in [0.1, 0.15) is 0 Å². The third kappa shape index (κ3) is 1.62. The number of nitrogen functional groups attached to an aromatic ring is 1. The number of rotatable bonds is 2. The smallest absolute Gasteiger partial charge is 0.0488 e. The van der Waals surface area contributed by atoms with Gasteiger partial charge in [0.2, 0.25) is 0 Å². The van der Waals surface area contributed by atoms with Crippen LogP contribution in [0, 0.1) is 0 Å². The molecular weight excluding hydrogens is 148 g/mol. The number of nitrogens with one attached hydrogen (secondary N) is 1. The Morgan fingerprint density at radius 1 is 1.50 bits per heavy atom. The van der Waals surface area contributed by atoms with Crippen LogP contribution in [-0.2, 0) is 5.88 Å². The Kier molecular flexibility index (Phi) is 2.54. The van der Waals surface area contributed by atoms with Crippen molar-refractivity contribution in [1.29, 1.82) is 0 Å². The summed E-state index contributed by atoms with van der Waals surface area (Å²) in [5.41, 5.74) is 4.50. The average Bonchev–Trinajstić information content (AvgIpc) is 2.05. The van der Waals surface area contributed by atoms with E-state index in [4.69, 9.17) is 17.4 Å². The molecule has 2 nitrogen and oxygen atoms in total. The van der Waals surface area contributed by atoms with Crippen LogP contribution in [0.15, 0.2) is 24.3 Å². The fraction of sp³-hybridized carbons (Fsp3) is 0.143. The molecule has 3 N–H and O–H groups in total. The monoisotopic (exact) mass is 156 g/mol. The van der Waals surface area contributed by atoms with Crippen molar-refractivity contribution in [3.63, 3.8) is 0 Å². The molecule has 0 spiro atoms. The van der Waals surface area contributed by atoms with Gasteiger partial charge in [-0.05, 0) is 17.7 Å². The molecule has 0 unspecified atom stereocenters. The molecule has 0 aliphatic heterocycles. The number of benzene rings is 1. The van der Waals surface area contributed by atoms with E-state index in [1.807, 2.05) is 24.3 Å². The largest absolute Gasteiger partial charge is 0.324 e. The minimum absolute atomic E-state index is 0.523. The minimum Gasteiger partial charge on any atom is -0.324 e. The molecule has 0 radical (unpaired) electrons. The lowest BCUT2D eigenvalue weighted by molar-refractivity contribution is 1.32. The van der Waals surface area contributed by atoms with Crippen LogP contribution in [0.25, 0.3) is 0 Å². The third-order valence-electron chi connectivity index (χ3n) is 1.25.